The number of aryl methyl sites for hydroxylation is 1. The summed E-state index contributed by atoms with van der Waals surface area (Å²) in [6, 6.07) is 0. The second-order valence-corrected chi connectivity index (χ2v) is 4.55. The molecule has 1 heterocycles. The summed E-state index contributed by atoms with van der Waals surface area (Å²) in [6.45, 7) is 2.35. The molecule has 0 bridgehead atoms. The third-order valence-corrected chi connectivity index (χ3v) is 3.40. The number of hydrogen-bond donors (Lipinski definition) is 3. The van der Waals surface area contributed by atoms with Gasteiger partial charge in [0.15, 0.2) is 0 Å². The van der Waals surface area contributed by atoms with Gasteiger partial charge in [0.25, 0.3) is 5.91 Å². The van der Waals surface area contributed by atoms with E-state index in [1.54, 1.807) is 6.20 Å². The third-order valence-electron chi connectivity index (χ3n) is 3.40. The molecule has 0 unspecified atom stereocenters. The molecule has 0 aromatic carbocycles. The van der Waals surface area contributed by atoms with Crippen LogP contribution in [0.3, 0.4) is 0 Å². The molecule has 1 amide bonds. The summed E-state index contributed by atoms with van der Waals surface area (Å²) in [7, 11) is 0. The van der Waals surface area contributed by atoms with E-state index in [1.165, 1.54) is 0 Å². The minimum absolute atomic E-state index is 0.0707. The minimum atomic E-state index is -0.194. The molecule has 0 radical (unpaired) electrons. The fraction of sp³-hybridized carbons (Fsp3) is 0.636. The first-order valence-corrected chi connectivity index (χ1v) is 5.69. The molecular formula is C11H18N4O. The summed E-state index contributed by atoms with van der Waals surface area (Å²) >= 11 is 0. The Morgan fingerprint density at radius 2 is 2.31 bits per heavy atom. The lowest BCUT2D eigenvalue weighted by atomic mass is 9.97. The zero-order valence-electron chi connectivity index (χ0n) is 9.55. The van der Waals surface area contributed by atoms with E-state index in [-0.39, 0.29) is 11.4 Å². The molecule has 88 valence electrons. The molecule has 16 heavy (non-hydrogen) atoms. The van der Waals surface area contributed by atoms with Crippen LogP contribution in [-0.2, 0) is 0 Å². The van der Waals surface area contributed by atoms with Gasteiger partial charge in [-0.3, -0.25) is 9.89 Å². The number of hydrogen-bond acceptors (Lipinski definition) is 3. The Labute approximate surface area is 94.8 Å². The van der Waals surface area contributed by atoms with Crippen LogP contribution in [0.15, 0.2) is 6.20 Å². The van der Waals surface area contributed by atoms with Crippen molar-refractivity contribution in [2.24, 2.45) is 5.73 Å². The molecule has 2 rings (SSSR count). The number of aromatic amines is 1. The highest BCUT2D eigenvalue weighted by molar-refractivity contribution is 5.95. The van der Waals surface area contributed by atoms with Crippen LogP contribution in [0.4, 0.5) is 0 Å². The van der Waals surface area contributed by atoms with Crippen LogP contribution in [-0.4, -0.2) is 28.2 Å². The Morgan fingerprint density at radius 1 is 1.62 bits per heavy atom. The molecule has 5 heteroatoms. The van der Waals surface area contributed by atoms with Crippen molar-refractivity contribution in [2.45, 2.75) is 38.1 Å². The van der Waals surface area contributed by atoms with Crippen LogP contribution in [0, 0.1) is 6.92 Å². The number of nitrogens with two attached hydrogens (primary N) is 1. The predicted molar refractivity (Wildman–Crippen MR) is 61.0 cm³/mol. The zero-order chi connectivity index (χ0) is 11.6. The first-order valence-electron chi connectivity index (χ1n) is 5.69. The maximum absolute atomic E-state index is 12.0. The van der Waals surface area contributed by atoms with Gasteiger partial charge in [0.1, 0.15) is 0 Å². The van der Waals surface area contributed by atoms with Gasteiger partial charge in [-0.25, -0.2) is 0 Å². The normalized spacial score (nSPS) is 18.6. The summed E-state index contributed by atoms with van der Waals surface area (Å²) < 4.78 is 0. The molecule has 0 spiro atoms. The fourth-order valence-corrected chi connectivity index (χ4v) is 2.32. The Kier molecular flexibility index (Phi) is 2.96. The van der Waals surface area contributed by atoms with Crippen molar-refractivity contribution in [3.05, 3.63) is 17.5 Å². The second-order valence-electron chi connectivity index (χ2n) is 4.55. The van der Waals surface area contributed by atoms with Gasteiger partial charge in [-0.15, -0.1) is 0 Å². The Hall–Kier alpha value is -1.36. The van der Waals surface area contributed by atoms with Crippen LogP contribution in [0.2, 0.25) is 0 Å². The van der Waals surface area contributed by atoms with Crippen LogP contribution in [0.1, 0.15) is 41.7 Å². The van der Waals surface area contributed by atoms with Crippen LogP contribution < -0.4 is 11.1 Å². The summed E-state index contributed by atoms with van der Waals surface area (Å²) in [6.07, 6.45) is 5.80. The maximum atomic E-state index is 12.0. The highest BCUT2D eigenvalue weighted by Gasteiger charge is 2.34. The molecule has 4 N–H and O–H groups in total. The first-order chi connectivity index (χ1) is 7.67. The number of aromatic nitrogens is 2. The average Bonchev–Trinajstić information content (AvgIpc) is 2.87. The number of H-pyrrole nitrogens is 1. The molecular weight excluding hydrogens is 204 g/mol. The summed E-state index contributed by atoms with van der Waals surface area (Å²) in [4.78, 5) is 12.0. The highest BCUT2D eigenvalue weighted by atomic mass is 16.1. The van der Waals surface area contributed by atoms with E-state index in [1.807, 2.05) is 6.92 Å². The van der Waals surface area contributed by atoms with Crippen molar-refractivity contribution >= 4 is 5.91 Å². The van der Waals surface area contributed by atoms with Crippen LogP contribution in [0.25, 0.3) is 0 Å². The first kappa shape index (κ1) is 11.1. The lowest BCUT2D eigenvalue weighted by Gasteiger charge is -2.28. The van der Waals surface area contributed by atoms with Gasteiger partial charge in [-0.05, 0) is 19.8 Å². The number of amides is 1. The molecule has 0 aliphatic heterocycles. The van der Waals surface area contributed by atoms with Crippen molar-refractivity contribution in [1.29, 1.82) is 0 Å². The number of rotatable bonds is 3. The van der Waals surface area contributed by atoms with E-state index in [0.717, 1.165) is 31.4 Å². The quantitative estimate of drug-likeness (QED) is 0.704. The Balaban J connectivity index is 2.09. The van der Waals surface area contributed by atoms with Gasteiger partial charge in [-0.2, -0.15) is 5.10 Å². The maximum Gasteiger partial charge on any atom is 0.255 e. The smallest absolute Gasteiger partial charge is 0.255 e. The van der Waals surface area contributed by atoms with E-state index in [4.69, 9.17) is 5.73 Å². The van der Waals surface area contributed by atoms with Crippen molar-refractivity contribution in [3.8, 4) is 0 Å². The molecule has 1 aliphatic carbocycles. The summed E-state index contributed by atoms with van der Waals surface area (Å²) in [5.74, 6) is -0.0707. The molecule has 1 saturated carbocycles. The monoisotopic (exact) mass is 222 g/mol. The van der Waals surface area contributed by atoms with Gasteiger partial charge < -0.3 is 11.1 Å². The molecule has 1 aromatic rings. The van der Waals surface area contributed by atoms with Gasteiger partial charge in [0, 0.05) is 12.2 Å². The van der Waals surface area contributed by atoms with Crippen molar-refractivity contribution < 1.29 is 4.79 Å². The zero-order valence-corrected chi connectivity index (χ0v) is 9.55. The largest absolute Gasteiger partial charge is 0.345 e. The van der Waals surface area contributed by atoms with E-state index in [0.29, 0.717) is 12.1 Å². The van der Waals surface area contributed by atoms with E-state index in [9.17, 15) is 4.79 Å². The highest BCUT2D eigenvalue weighted by Crippen LogP contribution is 2.28. The van der Waals surface area contributed by atoms with Gasteiger partial charge in [0.05, 0.1) is 17.3 Å². The minimum Gasteiger partial charge on any atom is -0.345 e. The molecule has 1 aromatic heterocycles. The predicted octanol–water partition coefficient (Wildman–Crippen LogP) is 0.719. The van der Waals surface area contributed by atoms with E-state index >= 15 is 0 Å². The summed E-state index contributed by atoms with van der Waals surface area (Å²) in [5.41, 5.74) is 6.98. The topological polar surface area (TPSA) is 83.8 Å². The van der Waals surface area contributed by atoms with Crippen LogP contribution in [0.5, 0.6) is 0 Å². The second kappa shape index (κ2) is 4.25. The van der Waals surface area contributed by atoms with Crippen molar-refractivity contribution in [1.82, 2.24) is 15.5 Å². The molecule has 0 saturated heterocycles. The number of carbonyl (C=O) groups is 1. The Morgan fingerprint density at radius 3 is 2.81 bits per heavy atom. The number of nitrogens with zero attached hydrogens (tertiary/aromatic N) is 1. The van der Waals surface area contributed by atoms with Crippen molar-refractivity contribution in [2.75, 3.05) is 6.54 Å². The number of nitrogens with one attached hydrogen (secondary N) is 2. The van der Waals surface area contributed by atoms with E-state index in [2.05, 4.69) is 15.5 Å². The number of carbonyl (C=O) groups excluding carboxylic acids is 1. The lowest BCUT2D eigenvalue weighted by molar-refractivity contribution is 0.0902. The van der Waals surface area contributed by atoms with Crippen LogP contribution >= 0.6 is 0 Å². The molecule has 1 aliphatic rings. The standard InChI is InChI=1S/C11H18N4O/c1-8-9(6-13-15-8)10(16)14-11(7-12)4-2-3-5-11/h6H,2-5,7,12H2,1H3,(H,13,15)(H,14,16). The Bertz CT molecular complexity index is 379. The SMILES string of the molecule is Cc1[nH]ncc1C(=O)NC1(CN)CCCC1. The fourth-order valence-electron chi connectivity index (χ4n) is 2.32. The van der Waals surface area contributed by atoms with Crippen molar-refractivity contribution in [3.63, 3.8) is 0 Å². The molecule has 5 nitrogen and oxygen atoms in total. The lowest BCUT2D eigenvalue weighted by Crippen LogP contribution is -2.51. The van der Waals surface area contributed by atoms with E-state index < -0.39 is 0 Å². The van der Waals surface area contributed by atoms with Gasteiger partial charge in [0.2, 0.25) is 0 Å². The summed E-state index contributed by atoms with van der Waals surface area (Å²) in [5, 5.41) is 9.67. The molecule has 1 fully saturated rings. The molecule has 0 atom stereocenters. The van der Waals surface area contributed by atoms with Gasteiger partial charge >= 0.3 is 0 Å². The van der Waals surface area contributed by atoms with Gasteiger partial charge in [-0.1, -0.05) is 12.8 Å². The third kappa shape index (κ3) is 1.95. The average molecular weight is 222 g/mol.